The fourth-order valence-corrected chi connectivity index (χ4v) is 4.14. The van der Waals surface area contributed by atoms with Crippen LogP contribution in [0.3, 0.4) is 0 Å². The molecule has 0 atom stereocenters. The first-order valence-electron chi connectivity index (χ1n) is 6.74. The Morgan fingerprint density at radius 1 is 1.45 bits per heavy atom. The first kappa shape index (κ1) is 19.7. The van der Waals surface area contributed by atoms with E-state index >= 15 is 0 Å². The molecule has 0 fully saturated rings. The van der Waals surface area contributed by atoms with E-state index in [2.05, 4.69) is 44.1 Å². The maximum absolute atomic E-state index is 4.33. The number of halogens is 1. The number of hydrogen-bond acceptors (Lipinski definition) is 5. The minimum Gasteiger partial charge on any atom is -0.356 e. The van der Waals surface area contributed by atoms with Crippen molar-refractivity contribution in [3.8, 4) is 0 Å². The van der Waals surface area contributed by atoms with E-state index in [0.717, 1.165) is 35.6 Å². The molecule has 1 N–H and O–H groups in total. The van der Waals surface area contributed by atoms with Gasteiger partial charge in [-0.05, 0) is 28.8 Å². The Kier molecular flexibility index (Phi) is 10.1. The average Bonchev–Trinajstić information content (AvgIpc) is 3.16. The van der Waals surface area contributed by atoms with Crippen molar-refractivity contribution in [3.63, 3.8) is 0 Å². The second-order valence-corrected chi connectivity index (χ2v) is 7.48. The highest BCUT2D eigenvalue weighted by Gasteiger charge is 2.06. The number of hydrogen-bond donors (Lipinski definition) is 1. The zero-order valence-corrected chi connectivity index (χ0v) is 17.5. The summed E-state index contributed by atoms with van der Waals surface area (Å²) in [6, 6.07) is 2.15. The van der Waals surface area contributed by atoms with Gasteiger partial charge in [0, 0.05) is 44.5 Å². The second kappa shape index (κ2) is 11.3. The van der Waals surface area contributed by atoms with Crippen LogP contribution >= 0.6 is 58.4 Å². The molecule has 0 bridgehead atoms. The molecule has 0 aliphatic rings. The van der Waals surface area contributed by atoms with Crippen molar-refractivity contribution in [2.45, 2.75) is 17.3 Å². The molecule has 0 saturated heterocycles. The molecule has 0 aliphatic heterocycles. The highest BCUT2D eigenvalue weighted by Crippen LogP contribution is 2.20. The summed E-state index contributed by atoms with van der Waals surface area (Å²) in [5.74, 6) is 2.02. The highest BCUT2D eigenvalue weighted by atomic mass is 127. The fourth-order valence-electron chi connectivity index (χ4n) is 1.83. The van der Waals surface area contributed by atoms with Gasteiger partial charge in [-0.1, -0.05) is 11.8 Å². The lowest BCUT2D eigenvalue weighted by Crippen LogP contribution is -2.38. The summed E-state index contributed by atoms with van der Waals surface area (Å²) in [7, 11) is 3.90. The molecule has 2 aromatic rings. The first-order chi connectivity index (χ1) is 10.3. The quantitative estimate of drug-likeness (QED) is 0.219. The number of thiazole rings is 1. The molecule has 0 amide bonds. The monoisotopic (exact) mass is 468 g/mol. The molecular weight excluding hydrogens is 447 g/mol. The van der Waals surface area contributed by atoms with Crippen LogP contribution in [0.2, 0.25) is 0 Å². The summed E-state index contributed by atoms with van der Waals surface area (Å²) in [4.78, 5) is 10.7. The Hall–Kier alpha value is -0.320. The van der Waals surface area contributed by atoms with Gasteiger partial charge >= 0.3 is 0 Å². The zero-order chi connectivity index (χ0) is 14.9. The van der Waals surface area contributed by atoms with Crippen molar-refractivity contribution in [2.24, 2.45) is 4.99 Å². The summed E-state index contributed by atoms with van der Waals surface area (Å²) >= 11 is 5.24. The Morgan fingerprint density at radius 3 is 2.95 bits per heavy atom. The molecule has 0 spiro atoms. The lowest BCUT2D eigenvalue weighted by atomic mass is 10.3. The summed E-state index contributed by atoms with van der Waals surface area (Å²) in [6.07, 6.45) is 2.95. The molecule has 4 nitrogen and oxygen atoms in total. The maximum Gasteiger partial charge on any atom is 0.193 e. The van der Waals surface area contributed by atoms with Crippen molar-refractivity contribution in [2.75, 3.05) is 26.4 Å². The molecule has 22 heavy (non-hydrogen) atoms. The van der Waals surface area contributed by atoms with Gasteiger partial charge in [-0.3, -0.25) is 4.99 Å². The predicted molar refractivity (Wildman–Crippen MR) is 110 cm³/mol. The molecule has 0 saturated carbocycles. The zero-order valence-electron chi connectivity index (χ0n) is 12.7. The topological polar surface area (TPSA) is 40.5 Å². The van der Waals surface area contributed by atoms with Crippen LogP contribution in [0, 0.1) is 0 Å². The van der Waals surface area contributed by atoms with Crippen molar-refractivity contribution in [1.82, 2.24) is 15.2 Å². The summed E-state index contributed by atoms with van der Waals surface area (Å²) in [5, 5.41) is 9.71. The van der Waals surface area contributed by atoms with Gasteiger partial charge in [0.25, 0.3) is 0 Å². The van der Waals surface area contributed by atoms with E-state index in [4.69, 9.17) is 0 Å². The predicted octanol–water partition coefficient (Wildman–Crippen LogP) is 4.01. The Labute approximate surface area is 161 Å². The van der Waals surface area contributed by atoms with Gasteiger partial charge in [0.1, 0.15) is 4.34 Å². The Balaban J connectivity index is 0.00000242. The van der Waals surface area contributed by atoms with E-state index in [1.807, 2.05) is 30.4 Å². The number of aliphatic imine (C=N–C) groups is 1. The van der Waals surface area contributed by atoms with Gasteiger partial charge in [0.2, 0.25) is 0 Å². The standard InChI is InChI=1S/C14H20N4S3.HI/c1-15-13(18(2)10-12-4-8-19-11-12)16-5-3-7-20-14-17-6-9-21-14;/h4,6,8-9,11H,3,5,7,10H2,1-2H3,(H,15,16);1H. The number of thiophene rings is 1. The molecular formula is C14H21IN4S3. The number of guanidine groups is 1. The van der Waals surface area contributed by atoms with E-state index in [9.17, 15) is 0 Å². The van der Waals surface area contributed by atoms with Crippen LogP contribution in [0.25, 0.3) is 0 Å². The highest BCUT2D eigenvalue weighted by molar-refractivity contribution is 14.0. The smallest absolute Gasteiger partial charge is 0.193 e. The van der Waals surface area contributed by atoms with Crippen LogP contribution in [0.1, 0.15) is 12.0 Å². The first-order valence-corrected chi connectivity index (χ1v) is 9.55. The molecule has 0 unspecified atom stereocenters. The SMILES string of the molecule is CN=C(NCCCSc1nccs1)N(C)Cc1ccsc1.I. The molecule has 2 aromatic heterocycles. The van der Waals surface area contributed by atoms with Gasteiger partial charge in [-0.15, -0.1) is 35.3 Å². The molecule has 0 aliphatic carbocycles. The molecule has 122 valence electrons. The molecule has 0 radical (unpaired) electrons. The third-order valence-corrected chi connectivity index (χ3v) is 5.60. The lowest BCUT2D eigenvalue weighted by Gasteiger charge is -2.21. The van der Waals surface area contributed by atoms with Crippen LogP contribution in [0.5, 0.6) is 0 Å². The summed E-state index contributed by atoms with van der Waals surface area (Å²) in [5.41, 5.74) is 1.32. The lowest BCUT2D eigenvalue weighted by molar-refractivity contribution is 0.477. The van der Waals surface area contributed by atoms with E-state index < -0.39 is 0 Å². The minimum absolute atomic E-state index is 0. The van der Waals surface area contributed by atoms with E-state index in [1.54, 1.807) is 22.7 Å². The van der Waals surface area contributed by atoms with Crippen LogP contribution in [0.15, 0.2) is 37.7 Å². The number of thioether (sulfide) groups is 1. The summed E-state index contributed by atoms with van der Waals surface area (Å²) in [6.45, 7) is 1.82. The van der Waals surface area contributed by atoms with Gasteiger partial charge < -0.3 is 10.2 Å². The van der Waals surface area contributed by atoms with Crippen LogP contribution in [-0.2, 0) is 6.54 Å². The number of nitrogens with zero attached hydrogens (tertiary/aromatic N) is 3. The van der Waals surface area contributed by atoms with Crippen LogP contribution < -0.4 is 5.32 Å². The number of nitrogens with one attached hydrogen (secondary N) is 1. The van der Waals surface area contributed by atoms with Gasteiger partial charge in [-0.2, -0.15) is 11.3 Å². The fraction of sp³-hybridized carbons (Fsp3) is 0.429. The van der Waals surface area contributed by atoms with E-state index in [0.29, 0.717) is 0 Å². The molecule has 8 heteroatoms. The van der Waals surface area contributed by atoms with Gasteiger partial charge in [0.05, 0.1) is 0 Å². The molecule has 0 aromatic carbocycles. The van der Waals surface area contributed by atoms with Crippen molar-refractivity contribution in [3.05, 3.63) is 34.0 Å². The second-order valence-electron chi connectivity index (χ2n) is 4.46. The Bertz CT molecular complexity index is 528. The van der Waals surface area contributed by atoms with E-state index in [-0.39, 0.29) is 24.0 Å². The van der Waals surface area contributed by atoms with Crippen LogP contribution in [-0.4, -0.2) is 42.2 Å². The third kappa shape index (κ3) is 6.84. The summed E-state index contributed by atoms with van der Waals surface area (Å²) < 4.78 is 1.15. The maximum atomic E-state index is 4.33. The average molecular weight is 468 g/mol. The van der Waals surface area contributed by atoms with E-state index in [1.165, 1.54) is 5.56 Å². The van der Waals surface area contributed by atoms with Crippen LogP contribution in [0.4, 0.5) is 0 Å². The van der Waals surface area contributed by atoms with Crippen molar-refractivity contribution >= 4 is 64.4 Å². The number of rotatable bonds is 7. The normalized spacial score (nSPS) is 11.1. The third-order valence-electron chi connectivity index (χ3n) is 2.81. The minimum atomic E-state index is 0. The van der Waals surface area contributed by atoms with Gasteiger partial charge in [0.15, 0.2) is 5.96 Å². The number of aromatic nitrogens is 1. The van der Waals surface area contributed by atoms with Crippen molar-refractivity contribution < 1.29 is 0 Å². The molecule has 2 rings (SSSR count). The largest absolute Gasteiger partial charge is 0.356 e. The van der Waals surface area contributed by atoms with Crippen molar-refractivity contribution in [1.29, 1.82) is 0 Å². The van der Waals surface area contributed by atoms with Gasteiger partial charge in [-0.25, -0.2) is 4.98 Å². The Morgan fingerprint density at radius 2 is 2.32 bits per heavy atom. The molecule has 2 heterocycles.